The van der Waals surface area contributed by atoms with Crippen LogP contribution >= 0.6 is 0 Å². The van der Waals surface area contributed by atoms with E-state index in [1.54, 1.807) is 0 Å². The van der Waals surface area contributed by atoms with Gasteiger partial charge in [0, 0.05) is 6.42 Å². The molecule has 1 aromatic carbocycles. The van der Waals surface area contributed by atoms with Crippen LogP contribution in [-0.4, -0.2) is 5.97 Å². The Labute approximate surface area is 199 Å². The molecule has 2 nitrogen and oxygen atoms in total. The van der Waals surface area contributed by atoms with Crippen LogP contribution in [0.1, 0.15) is 148 Å². The number of hydrogen-bond acceptors (Lipinski definition) is 2. The van der Waals surface area contributed by atoms with E-state index < -0.39 is 0 Å². The van der Waals surface area contributed by atoms with E-state index in [4.69, 9.17) is 4.74 Å². The van der Waals surface area contributed by atoms with Gasteiger partial charge in [0.25, 0.3) is 0 Å². The summed E-state index contributed by atoms with van der Waals surface area (Å²) >= 11 is 0. The summed E-state index contributed by atoms with van der Waals surface area (Å²) < 4.78 is 5.32. The quantitative estimate of drug-likeness (QED) is 0.0953. The fraction of sp³-hybridized carbons (Fsp3) is 0.767. The van der Waals surface area contributed by atoms with Gasteiger partial charge < -0.3 is 4.74 Å². The molecule has 0 saturated carbocycles. The van der Waals surface area contributed by atoms with Crippen LogP contribution in [0.2, 0.25) is 0 Å². The monoisotopic (exact) mass is 444 g/mol. The molecule has 0 saturated heterocycles. The minimum Gasteiger partial charge on any atom is -0.427 e. The summed E-state index contributed by atoms with van der Waals surface area (Å²) in [5.41, 5.74) is 0. The maximum Gasteiger partial charge on any atom is 0.311 e. The number of carbonyl (C=O) groups is 1. The fourth-order valence-electron chi connectivity index (χ4n) is 4.37. The van der Waals surface area contributed by atoms with Gasteiger partial charge in [0.1, 0.15) is 5.75 Å². The molecule has 0 aliphatic rings. The van der Waals surface area contributed by atoms with Gasteiger partial charge in [-0.15, -0.1) is 0 Å². The Morgan fingerprint density at radius 2 is 0.875 bits per heavy atom. The smallest absolute Gasteiger partial charge is 0.311 e. The molecule has 0 aromatic heterocycles. The lowest BCUT2D eigenvalue weighted by Crippen LogP contribution is -2.07. The van der Waals surface area contributed by atoms with Gasteiger partial charge >= 0.3 is 5.97 Å². The van der Waals surface area contributed by atoms with Crippen molar-refractivity contribution in [2.45, 2.75) is 148 Å². The minimum atomic E-state index is -0.103. The van der Waals surface area contributed by atoms with Gasteiger partial charge in [-0.1, -0.05) is 154 Å². The first-order chi connectivity index (χ1) is 15.8. The van der Waals surface area contributed by atoms with E-state index in [1.807, 2.05) is 30.3 Å². The number of hydrogen-bond donors (Lipinski definition) is 0. The summed E-state index contributed by atoms with van der Waals surface area (Å²) in [5, 5.41) is 0. The Hall–Kier alpha value is -1.31. The second-order valence-corrected chi connectivity index (χ2v) is 9.61. The second-order valence-electron chi connectivity index (χ2n) is 9.61. The van der Waals surface area contributed by atoms with E-state index in [1.165, 1.54) is 122 Å². The molecule has 32 heavy (non-hydrogen) atoms. The Kier molecular flexibility index (Phi) is 20.5. The fourth-order valence-corrected chi connectivity index (χ4v) is 4.37. The first-order valence-corrected chi connectivity index (χ1v) is 14.1. The topological polar surface area (TPSA) is 26.3 Å². The summed E-state index contributed by atoms with van der Waals surface area (Å²) in [6.45, 7) is 2.29. The van der Waals surface area contributed by atoms with Gasteiger partial charge in [-0.25, -0.2) is 0 Å². The van der Waals surface area contributed by atoms with Gasteiger partial charge in [0.05, 0.1) is 0 Å². The number of rotatable bonds is 23. The predicted octanol–water partition coefficient (Wildman–Crippen LogP) is 10.2. The highest BCUT2D eigenvalue weighted by atomic mass is 16.5. The van der Waals surface area contributed by atoms with Crippen molar-refractivity contribution >= 4 is 5.97 Å². The van der Waals surface area contributed by atoms with Gasteiger partial charge in [0.15, 0.2) is 0 Å². The highest BCUT2D eigenvalue weighted by molar-refractivity contribution is 5.72. The molecule has 0 heterocycles. The lowest BCUT2D eigenvalue weighted by atomic mass is 10.0. The zero-order chi connectivity index (χ0) is 23.0. The molecule has 0 aliphatic heterocycles. The lowest BCUT2D eigenvalue weighted by Gasteiger charge is -2.05. The molecular weight excluding hydrogens is 392 g/mol. The second kappa shape index (κ2) is 22.9. The average molecular weight is 445 g/mol. The number of esters is 1. The van der Waals surface area contributed by atoms with Gasteiger partial charge in [-0.2, -0.15) is 0 Å². The predicted molar refractivity (Wildman–Crippen MR) is 139 cm³/mol. The zero-order valence-corrected chi connectivity index (χ0v) is 21.3. The van der Waals surface area contributed by atoms with Gasteiger partial charge in [-0.05, 0) is 18.6 Å². The summed E-state index contributed by atoms with van der Waals surface area (Å²) in [6.07, 6.45) is 29.5. The van der Waals surface area contributed by atoms with Crippen molar-refractivity contribution in [2.75, 3.05) is 0 Å². The molecule has 0 atom stereocenters. The molecule has 0 amide bonds. The molecule has 184 valence electrons. The molecular formula is C30H52O2. The van der Waals surface area contributed by atoms with Crippen LogP contribution in [0.25, 0.3) is 0 Å². The number of benzene rings is 1. The molecule has 2 heteroatoms. The number of para-hydroxylation sites is 1. The highest BCUT2D eigenvalue weighted by Crippen LogP contribution is 2.16. The van der Waals surface area contributed by atoms with Crippen molar-refractivity contribution in [3.63, 3.8) is 0 Å². The average Bonchev–Trinajstić information content (AvgIpc) is 2.80. The maximum absolute atomic E-state index is 11.8. The van der Waals surface area contributed by atoms with Crippen LogP contribution in [0.3, 0.4) is 0 Å². The third kappa shape index (κ3) is 19.4. The summed E-state index contributed by atoms with van der Waals surface area (Å²) in [6, 6.07) is 9.37. The SMILES string of the molecule is CCCCCCCCCCCCCCCCCCCCCCCC(=O)Oc1ccccc1. The molecule has 0 N–H and O–H groups in total. The van der Waals surface area contributed by atoms with E-state index in [0.717, 1.165) is 12.8 Å². The van der Waals surface area contributed by atoms with Gasteiger partial charge in [-0.3, -0.25) is 4.79 Å². The molecule has 0 aliphatic carbocycles. The Morgan fingerprint density at radius 3 is 1.25 bits per heavy atom. The van der Waals surface area contributed by atoms with Crippen molar-refractivity contribution < 1.29 is 9.53 Å². The van der Waals surface area contributed by atoms with Crippen LogP contribution < -0.4 is 4.74 Å². The van der Waals surface area contributed by atoms with Crippen molar-refractivity contribution in [2.24, 2.45) is 0 Å². The summed E-state index contributed by atoms with van der Waals surface area (Å²) in [5.74, 6) is 0.551. The van der Waals surface area contributed by atoms with Crippen molar-refractivity contribution in [1.82, 2.24) is 0 Å². The van der Waals surface area contributed by atoms with E-state index in [9.17, 15) is 4.79 Å². The van der Waals surface area contributed by atoms with Crippen LogP contribution in [0.4, 0.5) is 0 Å². The van der Waals surface area contributed by atoms with Gasteiger partial charge in [0.2, 0.25) is 0 Å². The third-order valence-electron chi connectivity index (χ3n) is 6.46. The minimum absolute atomic E-state index is 0.103. The Balaban J connectivity index is 1.70. The van der Waals surface area contributed by atoms with E-state index in [-0.39, 0.29) is 5.97 Å². The van der Waals surface area contributed by atoms with E-state index in [2.05, 4.69) is 6.92 Å². The number of ether oxygens (including phenoxy) is 1. The van der Waals surface area contributed by atoms with Crippen LogP contribution in [0.15, 0.2) is 30.3 Å². The lowest BCUT2D eigenvalue weighted by molar-refractivity contribution is -0.134. The molecule has 0 unspecified atom stereocenters. The Morgan fingerprint density at radius 1 is 0.531 bits per heavy atom. The maximum atomic E-state index is 11.8. The summed E-state index contributed by atoms with van der Waals surface area (Å²) in [4.78, 5) is 11.8. The molecule has 1 rings (SSSR count). The first-order valence-electron chi connectivity index (χ1n) is 14.1. The van der Waals surface area contributed by atoms with E-state index in [0.29, 0.717) is 12.2 Å². The van der Waals surface area contributed by atoms with Crippen LogP contribution in [0.5, 0.6) is 5.75 Å². The number of unbranched alkanes of at least 4 members (excludes halogenated alkanes) is 20. The number of carbonyl (C=O) groups excluding carboxylic acids is 1. The van der Waals surface area contributed by atoms with Crippen molar-refractivity contribution in [3.8, 4) is 5.75 Å². The van der Waals surface area contributed by atoms with E-state index >= 15 is 0 Å². The molecule has 1 aromatic rings. The summed E-state index contributed by atoms with van der Waals surface area (Å²) in [7, 11) is 0. The largest absolute Gasteiger partial charge is 0.427 e. The molecule has 0 spiro atoms. The Bertz CT molecular complexity index is 511. The van der Waals surface area contributed by atoms with Crippen LogP contribution in [-0.2, 0) is 4.79 Å². The standard InChI is InChI=1S/C30H52O2/c1-2-3-4-5-6-7-8-9-10-11-12-13-14-15-16-17-18-19-20-21-25-28-30(31)32-29-26-23-22-24-27-29/h22-24,26-27H,2-21,25,28H2,1H3. The normalized spacial score (nSPS) is 11.0. The highest BCUT2D eigenvalue weighted by Gasteiger charge is 2.04. The molecule has 0 fully saturated rings. The van der Waals surface area contributed by atoms with Crippen LogP contribution in [0, 0.1) is 0 Å². The van der Waals surface area contributed by atoms with Crippen molar-refractivity contribution in [1.29, 1.82) is 0 Å². The zero-order valence-electron chi connectivity index (χ0n) is 21.3. The van der Waals surface area contributed by atoms with Crippen molar-refractivity contribution in [3.05, 3.63) is 30.3 Å². The third-order valence-corrected chi connectivity index (χ3v) is 6.46. The molecule has 0 bridgehead atoms. The molecule has 0 radical (unpaired) electrons. The first kappa shape index (κ1) is 28.7.